The third-order valence-electron chi connectivity index (χ3n) is 14.8. The van der Waals surface area contributed by atoms with Crippen LogP contribution in [0.4, 0.5) is 17.1 Å². The van der Waals surface area contributed by atoms with Gasteiger partial charge in [-0.1, -0.05) is 166 Å². The Morgan fingerprint density at radius 3 is 1.94 bits per heavy atom. The second-order valence-corrected chi connectivity index (χ2v) is 18.3. The highest BCUT2D eigenvalue weighted by Crippen LogP contribution is 2.58. The molecule has 0 amide bonds. The molecule has 13 rings (SSSR count). The first-order valence-electron chi connectivity index (χ1n) is 22.3. The summed E-state index contributed by atoms with van der Waals surface area (Å²) in [6, 6.07) is 70.1. The van der Waals surface area contributed by atoms with Crippen molar-refractivity contribution in [2.45, 2.75) is 50.4 Å². The maximum absolute atomic E-state index is 6.66. The molecule has 0 unspecified atom stereocenters. The van der Waals surface area contributed by atoms with Gasteiger partial charge in [0.2, 0.25) is 0 Å². The largest absolute Gasteiger partial charge is 0.455 e. The van der Waals surface area contributed by atoms with Crippen molar-refractivity contribution >= 4 is 49.8 Å². The monoisotopic (exact) mass is 795 g/mol. The van der Waals surface area contributed by atoms with E-state index >= 15 is 0 Å². The van der Waals surface area contributed by atoms with Crippen molar-refractivity contribution < 1.29 is 4.42 Å². The van der Waals surface area contributed by atoms with E-state index in [9.17, 15) is 0 Å². The molecular weight excluding hydrogens is 751 g/mol. The quantitative estimate of drug-likeness (QED) is 0.173. The standard InChI is InChI=1S/C60H45NO/c1-59(2)52-23-7-5-19-48(52)50-22-12-21-45(57(50)59)39-26-29-41(30-27-39)61(43-31-33-49-47-18-6-8-24-53(47)60(54(49)37-43)34-9-10-35-60)42-16-11-15-40(36-42)44-20-13-25-55-56(44)51-32-28-38-14-3-4-17-46(38)58(51)62-55/h3-8,11-33,36-37H,9-10,34-35H2,1-2H3. The van der Waals surface area contributed by atoms with Crippen LogP contribution in [0.3, 0.4) is 0 Å². The molecule has 1 aromatic heterocycles. The third kappa shape index (κ3) is 4.98. The summed E-state index contributed by atoms with van der Waals surface area (Å²) in [5.74, 6) is 0. The molecule has 296 valence electrons. The van der Waals surface area contributed by atoms with Gasteiger partial charge in [0.1, 0.15) is 11.2 Å². The molecule has 2 heteroatoms. The fourth-order valence-corrected chi connectivity index (χ4v) is 12.0. The number of hydrogen-bond donors (Lipinski definition) is 0. The molecule has 3 aliphatic rings. The lowest BCUT2D eigenvalue weighted by atomic mass is 9.76. The fraction of sp³-hybridized carbons (Fsp3) is 0.133. The van der Waals surface area contributed by atoms with Gasteiger partial charge in [-0.2, -0.15) is 0 Å². The van der Waals surface area contributed by atoms with Gasteiger partial charge in [0.25, 0.3) is 0 Å². The molecule has 0 atom stereocenters. The zero-order chi connectivity index (χ0) is 41.2. The van der Waals surface area contributed by atoms with E-state index in [2.05, 4.69) is 207 Å². The normalized spacial score (nSPS) is 15.3. The van der Waals surface area contributed by atoms with E-state index in [1.54, 1.807) is 0 Å². The summed E-state index contributed by atoms with van der Waals surface area (Å²) in [5, 5.41) is 4.63. The predicted octanol–water partition coefficient (Wildman–Crippen LogP) is 16.7. The van der Waals surface area contributed by atoms with Crippen molar-refractivity contribution in [2.24, 2.45) is 0 Å². The molecule has 2 nitrogen and oxygen atoms in total. The molecule has 1 saturated carbocycles. The first-order chi connectivity index (χ1) is 30.5. The molecule has 10 aromatic rings. The SMILES string of the molecule is CC1(C)c2ccccc2-c2cccc(-c3ccc(N(c4cccc(-c5cccc6oc7c8ccccc8ccc7c56)c4)c4ccc5c(c4)C4(CCCC4)c4ccccc4-5)cc3)c21. The van der Waals surface area contributed by atoms with Crippen molar-refractivity contribution in [1.29, 1.82) is 0 Å². The smallest absolute Gasteiger partial charge is 0.143 e. The highest BCUT2D eigenvalue weighted by Gasteiger charge is 2.45. The first kappa shape index (κ1) is 35.6. The van der Waals surface area contributed by atoms with Crippen LogP contribution in [0.5, 0.6) is 0 Å². The molecule has 9 aromatic carbocycles. The second kappa shape index (κ2) is 13.2. The van der Waals surface area contributed by atoms with Crippen LogP contribution < -0.4 is 4.90 Å². The van der Waals surface area contributed by atoms with Crippen LogP contribution in [0.2, 0.25) is 0 Å². The number of fused-ring (bicyclic) bond motifs is 13. The van der Waals surface area contributed by atoms with Gasteiger partial charge in [0.05, 0.1) is 0 Å². The third-order valence-corrected chi connectivity index (χ3v) is 14.8. The van der Waals surface area contributed by atoms with E-state index in [-0.39, 0.29) is 10.8 Å². The fourth-order valence-electron chi connectivity index (χ4n) is 12.0. The molecule has 0 bridgehead atoms. The Morgan fingerprint density at radius 2 is 1.08 bits per heavy atom. The average Bonchev–Trinajstić information content (AvgIpc) is 4.09. The minimum absolute atomic E-state index is 0.0690. The van der Waals surface area contributed by atoms with Gasteiger partial charge in [-0.15, -0.1) is 0 Å². The van der Waals surface area contributed by atoms with Gasteiger partial charge < -0.3 is 9.32 Å². The Bertz CT molecular complexity index is 3450. The summed E-state index contributed by atoms with van der Waals surface area (Å²) in [5.41, 5.74) is 21.4. The minimum Gasteiger partial charge on any atom is -0.455 e. The Kier molecular flexibility index (Phi) is 7.56. The number of furan rings is 1. The molecule has 0 aliphatic heterocycles. The molecule has 0 N–H and O–H groups in total. The van der Waals surface area contributed by atoms with Crippen molar-refractivity contribution in [3.8, 4) is 44.5 Å². The first-order valence-corrected chi connectivity index (χ1v) is 22.3. The van der Waals surface area contributed by atoms with Gasteiger partial charge in [0, 0.05) is 44.1 Å². The predicted molar refractivity (Wildman–Crippen MR) is 259 cm³/mol. The van der Waals surface area contributed by atoms with Gasteiger partial charge in [-0.05, 0) is 134 Å². The van der Waals surface area contributed by atoms with E-state index < -0.39 is 0 Å². The number of anilines is 3. The topological polar surface area (TPSA) is 16.4 Å². The molecule has 1 spiro atoms. The summed E-state index contributed by atoms with van der Waals surface area (Å²) < 4.78 is 6.66. The van der Waals surface area contributed by atoms with Gasteiger partial charge >= 0.3 is 0 Å². The van der Waals surface area contributed by atoms with Crippen LogP contribution in [0.1, 0.15) is 61.8 Å². The Balaban J connectivity index is 0.979. The Hall–Kier alpha value is -7.16. The van der Waals surface area contributed by atoms with Crippen molar-refractivity contribution in [3.05, 3.63) is 210 Å². The number of rotatable bonds is 5. The maximum atomic E-state index is 6.66. The zero-order valence-corrected chi connectivity index (χ0v) is 35.1. The summed E-state index contributed by atoms with van der Waals surface area (Å²) in [6.07, 6.45) is 4.93. The summed E-state index contributed by atoms with van der Waals surface area (Å²) in [4.78, 5) is 2.48. The Morgan fingerprint density at radius 1 is 0.435 bits per heavy atom. The van der Waals surface area contributed by atoms with E-state index in [0.717, 1.165) is 44.3 Å². The summed E-state index contributed by atoms with van der Waals surface area (Å²) >= 11 is 0. The molecule has 62 heavy (non-hydrogen) atoms. The minimum atomic E-state index is -0.0951. The van der Waals surface area contributed by atoms with Crippen LogP contribution in [-0.2, 0) is 10.8 Å². The molecule has 3 aliphatic carbocycles. The van der Waals surface area contributed by atoms with Crippen molar-refractivity contribution in [3.63, 3.8) is 0 Å². The lowest BCUT2D eigenvalue weighted by molar-refractivity contribution is 0.550. The van der Waals surface area contributed by atoms with Crippen LogP contribution in [0.25, 0.3) is 77.2 Å². The van der Waals surface area contributed by atoms with E-state index in [1.165, 1.54) is 98.0 Å². The number of hydrogen-bond acceptors (Lipinski definition) is 2. The second-order valence-electron chi connectivity index (χ2n) is 18.3. The van der Waals surface area contributed by atoms with E-state index in [0.29, 0.717) is 0 Å². The van der Waals surface area contributed by atoms with Gasteiger partial charge in [-0.25, -0.2) is 0 Å². The van der Waals surface area contributed by atoms with Crippen LogP contribution in [-0.4, -0.2) is 0 Å². The zero-order valence-electron chi connectivity index (χ0n) is 35.1. The molecule has 1 fully saturated rings. The van der Waals surface area contributed by atoms with Crippen molar-refractivity contribution in [2.75, 3.05) is 4.90 Å². The highest BCUT2D eigenvalue weighted by molar-refractivity contribution is 6.19. The molecule has 1 heterocycles. The van der Waals surface area contributed by atoms with Crippen LogP contribution in [0, 0.1) is 0 Å². The van der Waals surface area contributed by atoms with Gasteiger partial charge in [-0.3, -0.25) is 0 Å². The average molecular weight is 796 g/mol. The highest BCUT2D eigenvalue weighted by atomic mass is 16.3. The number of benzene rings is 9. The summed E-state index contributed by atoms with van der Waals surface area (Å²) in [7, 11) is 0. The molecule has 0 radical (unpaired) electrons. The number of nitrogens with zero attached hydrogens (tertiary/aromatic N) is 1. The molecule has 0 saturated heterocycles. The lowest BCUT2D eigenvalue weighted by Crippen LogP contribution is -2.21. The van der Waals surface area contributed by atoms with Gasteiger partial charge in [0.15, 0.2) is 0 Å². The summed E-state index contributed by atoms with van der Waals surface area (Å²) in [6.45, 7) is 4.76. The van der Waals surface area contributed by atoms with E-state index in [1.807, 2.05) is 0 Å². The van der Waals surface area contributed by atoms with E-state index in [4.69, 9.17) is 4.42 Å². The van der Waals surface area contributed by atoms with Crippen LogP contribution in [0.15, 0.2) is 192 Å². The van der Waals surface area contributed by atoms with Crippen LogP contribution >= 0.6 is 0 Å². The Labute approximate surface area is 362 Å². The maximum Gasteiger partial charge on any atom is 0.143 e. The lowest BCUT2D eigenvalue weighted by Gasteiger charge is -2.30. The molecular formula is C60H45NO. The van der Waals surface area contributed by atoms with Crippen molar-refractivity contribution in [1.82, 2.24) is 0 Å².